The molecule has 5 heteroatoms. The fraction of sp³-hybridized carbons (Fsp3) is 0.350. The Hall–Kier alpha value is -2.40. The smallest absolute Gasteiger partial charge is 0.123 e. The standard InChI is InChI=1S/C20H23FN4/c1-2-14-16-9-12(15-6-7-23-11-17(15)21)3-4-18(16)25-20(14)13-5-8-24-19(22)10-13/h3-5,8-10,15,17,23,25H,2,6-7,11H2,1H3,(H2,22,24)/t15-,17+/m0/s1. The van der Waals surface area contributed by atoms with Gasteiger partial charge < -0.3 is 16.0 Å². The maximum absolute atomic E-state index is 14.3. The molecular formula is C20H23FN4. The number of halogens is 1. The van der Waals surface area contributed by atoms with Crippen LogP contribution in [0.25, 0.3) is 22.2 Å². The molecular weight excluding hydrogens is 315 g/mol. The zero-order chi connectivity index (χ0) is 17.4. The van der Waals surface area contributed by atoms with Crippen molar-refractivity contribution in [2.75, 3.05) is 18.8 Å². The van der Waals surface area contributed by atoms with Gasteiger partial charge >= 0.3 is 0 Å². The number of hydrogen-bond donors (Lipinski definition) is 3. The lowest BCUT2D eigenvalue weighted by molar-refractivity contribution is 0.231. The fourth-order valence-corrected chi connectivity index (χ4v) is 3.91. The minimum Gasteiger partial charge on any atom is -0.384 e. The van der Waals surface area contributed by atoms with Crippen molar-refractivity contribution in [2.45, 2.75) is 31.9 Å². The Morgan fingerprint density at radius 3 is 2.92 bits per heavy atom. The largest absolute Gasteiger partial charge is 0.384 e. The molecule has 3 aromatic rings. The third-order valence-electron chi connectivity index (χ3n) is 5.19. The second-order valence-corrected chi connectivity index (χ2v) is 6.72. The van der Waals surface area contributed by atoms with E-state index in [1.54, 1.807) is 6.20 Å². The molecule has 1 aliphatic heterocycles. The maximum atomic E-state index is 14.3. The van der Waals surface area contributed by atoms with Crippen molar-refractivity contribution >= 4 is 16.7 Å². The molecule has 4 N–H and O–H groups in total. The predicted octanol–water partition coefficient (Wildman–Crippen LogP) is 3.79. The fourth-order valence-electron chi connectivity index (χ4n) is 3.91. The lowest BCUT2D eigenvalue weighted by Crippen LogP contribution is -2.36. The van der Waals surface area contributed by atoms with E-state index >= 15 is 0 Å². The van der Waals surface area contributed by atoms with Gasteiger partial charge in [0.1, 0.15) is 12.0 Å². The molecule has 0 saturated carbocycles. The first-order chi connectivity index (χ1) is 12.2. The second-order valence-electron chi connectivity index (χ2n) is 6.72. The predicted molar refractivity (Wildman–Crippen MR) is 100 cm³/mol. The third-order valence-corrected chi connectivity index (χ3v) is 5.19. The summed E-state index contributed by atoms with van der Waals surface area (Å²) in [7, 11) is 0. The first kappa shape index (κ1) is 16.1. The first-order valence-corrected chi connectivity index (χ1v) is 8.88. The molecule has 4 rings (SSSR count). The number of piperidine rings is 1. The van der Waals surface area contributed by atoms with Crippen LogP contribution in [-0.2, 0) is 6.42 Å². The van der Waals surface area contributed by atoms with Crippen molar-refractivity contribution in [1.29, 1.82) is 0 Å². The molecule has 0 radical (unpaired) electrons. The summed E-state index contributed by atoms with van der Waals surface area (Å²) in [6.07, 6.45) is 2.64. The van der Waals surface area contributed by atoms with E-state index in [0.717, 1.165) is 41.7 Å². The summed E-state index contributed by atoms with van der Waals surface area (Å²) in [5.41, 5.74) is 11.4. The lowest BCUT2D eigenvalue weighted by Gasteiger charge is -2.27. The molecule has 2 aromatic heterocycles. The quantitative estimate of drug-likeness (QED) is 0.681. The summed E-state index contributed by atoms with van der Waals surface area (Å²) in [5.74, 6) is 0.485. The van der Waals surface area contributed by atoms with E-state index in [2.05, 4.69) is 40.4 Å². The topological polar surface area (TPSA) is 66.7 Å². The van der Waals surface area contributed by atoms with Crippen molar-refractivity contribution < 1.29 is 4.39 Å². The Bertz CT molecular complexity index is 902. The average molecular weight is 338 g/mol. The lowest BCUT2D eigenvalue weighted by atomic mass is 9.87. The number of pyridine rings is 1. The highest BCUT2D eigenvalue weighted by Crippen LogP contribution is 2.35. The molecule has 1 saturated heterocycles. The molecule has 25 heavy (non-hydrogen) atoms. The Balaban J connectivity index is 1.82. The Labute approximate surface area is 146 Å². The molecule has 4 nitrogen and oxygen atoms in total. The van der Waals surface area contributed by atoms with Crippen LogP contribution < -0.4 is 11.1 Å². The van der Waals surface area contributed by atoms with E-state index in [1.165, 1.54) is 10.9 Å². The van der Waals surface area contributed by atoms with E-state index in [0.29, 0.717) is 12.4 Å². The molecule has 0 spiro atoms. The molecule has 1 aromatic carbocycles. The molecule has 130 valence electrons. The van der Waals surface area contributed by atoms with Crippen LogP contribution in [0.15, 0.2) is 36.5 Å². The van der Waals surface area contributed by atoms with Gasteiger partial charge in [0, 0.05) is 40.8 Å². The van der Waals surface area contributed by atoms with Crippen LogP contribution in [0.5, 0.6) is 0 Å². The average Bonchev–Trinajstić information content (AvgIpc) is 3.00. The van der Waals surface area contributed by atoms with Gasteiger partial charge in [0.05, 0.1) is 0 Å². The van der Waals surface area contributed by atoms with Gasteiger partial charge in [0.25, 0.3) is 0 Å². The zero-order valence-corrected chi connectivity index (χ0v) is 14.3. The van der Waals surface area contributed by atoms with E-state index in [1.807, 2.05) is 12.1 Å². The van der Waals surface area contributed by atoms with Crippen LogP contribution >= 0.6 is 0 Å². The van der Waals surface area contributed by atoms with Crippen molar-refractivity contribution in [2.24, 2.45) is 0 Å². The SMILES string of the molecule is CCc1c(-c2ccnc(N)c2)[nH]c2ccc([C@@H]3CCNC[C@H]3F)cc12. The summed E-state index contributed by atoms with van der Waals surface area (Å²) >= 11 is 0. The number of nitrogens with two attached hydrogens (primary N) is 1. The third kappa shape index (κ3) is 2.89. The van der Waals surface area contributed by atoms with Gasteiger partial charge in [-0.3, -0.25) is 0 Å². The number of H-pyrrole nitrogens is 1. The van der Waals surface area contributed by atoms with Crippen molar-refractivity contribution in [3.63, 3.8) is 0 Å². The maximum Gasteiger partial charge on any atom is 0.123 e. The zero-order valence-electron chi connectivity index (χ0n) is 14.3. The van der Waals surface area contributed by atoms with Crippen LogP contribution in [0.2, 0.25) is 0 Å². The van der Waals surface area contributed by atoms with E-state index < -0.39 is 6.17 Å². The monoisotopic (exact) mass is 338 g/mol. The van der Waals surface area contributed by atoms with E-state index in [9.17, 15) is 4.39 Å². The molecule has 2 atom stereocenters. The van der Waals surface area contributed by atoms with E-state index in [4.69, 9.17) is 5.73 Å². The number of aromatic amines is 1. The number of rotatable bonds is 3. The number of alkyl halides is 1. The number of fused-ring (bicyclic) bond motifs is 1. The number of nitrogens with one attached hydrogen (secondary N) is 2. The number of aromatic nitrogens is 2. The molecule has 0 aliphatic carbocycles. The summed E-state index contributed by atoms with van der Waals surface area (Å²) in [4.78, 5) is 7.59. The summed E-state index contributed by atoms with van der Waals surface area (Å²) in [6, 6.07) is 10.2. The highest BCUT2D eigenvalue weighted by molar-refractivity contribution is 5.91. The molecule has 1 fully saturated rings. The number of aryl methyl sites for hydroxylation is 1. The van der Waals surface area contributed by atoms with Crippen molar-refractivity contribution in [3.05, 3.63) is 47.7 Å². The van der Waals surface area contributed by atoms with Crippen LogP contribution in [0.4, 0.5) is 10.2 Å². The first-order valence-electron chi connectivity index (χ1n) is 8.88. The van der Waals surface area contributed by atoms with Gasteiger partial charge in [-0.2, -0.15) is 0 Å². The van der Waals surface area contributed by atoms with Crippen LogP contribution in [0, 0.1) is 0 Å². The van der Waals surface area contributed by atoms with Gasteiger partial charge in [0.15, 0.2) is 0 Å². The number of benzene rings is 1. The van der Waals surface area contributed by atoms with Gasteiger partial charge in [-0.05, 0) is 54.8 Å². The van der Waals surface area contributed by atoms with Gasteiger partial charge in [-0.1, -0.05) is 13.0 Å². The van der Waals surface area contributed by atoms with Gasteiger partial charge in [-0.15, -0.1) is 0 Å². The minimum atomic E-state index is -0.824. The Kier molecular flexibility index (Phi) is 4.17. The van der Waals surface area contributed by atoms with E-state index in [-0.39, 0.29) is 5.92 Å². The van der Waals surface area contributed by atoms with Crippen LogP contribution in [-0.4, -0.2) is 29.2 Å². The number of nitrogens with zero attached hydrogens (tertiary/aromatic N) is 1. The molecule has 1 aliphatic rings. The summed E-state index contributed by atoms with van der Waals surface area (Å²) in [5, 5.41) is 4.30. The molecule has 0 amide bonds. The van der Waals surface area contributed by atoms with Crippen LogP contribution in [0.1, 0.15) is 30.4 Å². The Morgan fingerprint density at radius 2 is 2.16 bits per heavy atom. The minimum absolute atomic E-state index is 0.0229. The molecule has 0 unspecified atom stereocenters. The van der Waals surface area contributed by atoms with Crippen molar-refractivity contribution in [1.82, 2.24) is 15.3 Å². The molecule has 3 heterocycles. The highest BCUT2D eigenvalue weighted by atomic mass is 19.1. The normalized spacial score (nSPS) is 20.9. The summed E-state index contributed by atoms with van der Waals surface area (Å²) in [6.45, 7) is 3.46. The van der Waals surface area contributed by atoms with Gasteiger partial charge in [0.2, 0.25) is 0 Å². The number of nitrogen functional groups attached to an aromatic ring is 1. The summed E-state index contributed by atoms with van der Waals surface area (Å²) < 4.78 is 14.3. The van der Waals surface area contributed by atoms with Gasteiger partial charge in [-0.25, -0.2) is 9.37 Å². The number of anilines is 1. The van der Waals surface area contributed by atoms with Crippen molar-refractivity contribution in [3.8, 4) is 11.3 Å². The van der Waals surface area contributed by atoms with Crippen LogP contribution in [0.3, 0.4) is 0 Å². The Morgan fingerprint density at radius 1 is 1.28 bits per heavy atom. The second kappa shape index (κ2) is 6.48. The molecule has 0 bridgehead atoms. The number of hydrogen-bond acceptors (Lipinski definition) is 3. The highest BCUT2D eigenvalue weighted by Gasteiger charge is 2.26.